The Hall–Kier alpha value is -3.93. The molecule has 214 valence electrons. The number of rotatable bonds is 4. The van der Waals surface area contributed by atoms with E-state index in [2.05, 4.69) is 10.6 Å². The van der Waals surface area contributed by atoms with Crippen LogP contribution in [0.25, 0.3) is 0 Å². The number of amides is 7. The summed E-state index contributed by atoms with van der Waals surface area (Å²) in [6, 6.07) is 5.73. The van der Waals surface area contributed by atoms with Gasteiger partial charge in [-0.25, -0.2) is 14.5 Å². The number of likely N-dealkylation sites (N-methyl/N-ethyl adjacent to an activating group) is 2. The number of carbonyl (C=O) groups is 5. The highest BCUT2D eigenvalue weighted by Gasteiger charge is 2.44. The fourth-order valence-corrected chi connectivity index (χ4v) is 5.88. The number of carbonyl (C=O) groups excluding carboxylic acids is 5. The zero-order valence-electron chi connectivity index (χ0n) is 24.2. The van der Waals surface area contributed by atoms with Gasteiger partial charge in [-0.1, -0.05) is 26.8 Å². The van der Waals surface area contributed by atoms with Crippen molar-refractivity contribution in [2.45, 2.75) is 52.5 Å². The lowest BCUT2D eigenvalue weighted by Gasteiger charge is -2.44. The Bertz CT molecular complexity index is 1410. The van der Waals surface area contributed by atoms with Crippen LogP contribution >= 0.6 is 11.3 Å². The van der Waals surface area contributed by atoms with E-state index in [1.807, 2.05) is 20.8 Å². The third-order valence-corrected chi connectivity index (χ3v) is 8.70. The molecule has 0 radical (unpaired) electrons. The maximum atomic E-state index is 13.8. The van der Waals surface area contributed by atoms with E-state index in [4.69, 9.17) is 0 Å². The van der Waals surface area contributed by atoms with Crippen LogP contribution in [0.3, 0.4) is 0 Å². The van der Waals surface area contributed by atoms with E-state index in [1.54, 1.807) is 68.9 Å². The summed E-state index contributed by atoms with van der Waals surface area (Å²) in [6.07, 6.45) is 0. The minimum atomic E-state index is -1.04. The average Bonchev–Trinajstić information content (AvgIpc) is 3.38. The average molecular weight is 569 g/mol. The van der Waals surface area contributed by atoms with Crippen molar-refractivity contribution in [3.63, 3.8) is 0 Å². The van der Waals surface area contributed by atoms with Crippen molar-refractivity contribution in [1.29, 1.82) is 0 Å². The number of anilines is 3. The fourth-order valence-electron chi connectivity index (χ4n) is 4.78. The lowest BCUT2D eigenvalue weighted by Crippen LogP contribution is -2.63. The second-order valence-corrected chi connectivity index (χ2v) is 12.8. The predicted octanol–water partition coefficient (Wildman–Crippen LogP) is 4.09. The van der Waals surface area contributed by atoms with Crippen LogP contribution < -0.4 is 15.5 Å². The molecule has 40 heavy (non-hydrogen) atoms. The fraction of sp³-hybridized carbons (Fsp3) is 0.464. The van der Waals surface area contributed by atoms with Gasteiger partial charge >= 0.3 is 12.1 Å². The lowest BCUT2D eigenvalue weighted by atomic mass is 9.93. The maximum absolute atomic E-state index is 13.8. The van der Waals surface area contributed by atoms with Crippen molar-refractivity contribution in [3.8, 4) is 0 Å². The van der Waals surface area contributed by atoms with E-state index in [1.165, 1.54) is 16.2 Å². The summed E-state index contributed by atoms with van der Waals surface area (Å²) < 4.78 is 0. The molecule has 0 aliphatic carbocycles. The van der Waals surface area contributed by atoms with Gasteiger partial charge in [0, 0.05) is 37.7 Å². The van der Waals surface area contributed by atoms with E-state index in [0.717, 1.165) is 9.78 Å². The molecule has 2 aliphatic heterocycles. The van der Waals surface area contributed by atoms with Crippen LogP contribution in [0.15, 0.2) is 24.3 Å². The minimum Gasteiger partial charge on any atom is -0.342 e. The molecule has 0 atom stereocenters. The SMILES string of the molecule is Cc1ccc(NC(=O)Nc2sc(C(C)(C)C)cc2C(=O)N2CCN(C)C(=O)C2(C)C)cc1N1C(=O)CN(C)C1=O. The number of benzene rings is 1. The highest BCUT2D eigenvalue weighted by atomic mass is 32.1. The molecule has 7 amide bonds. The number of piperazine rings is 1. The second kappa shape index (κ2) is 10.2. The third kappa shape index (κ3) is 5.27. The number of nitrogens with one attached hydrogen (secondary N) is 2. The molecule has 0 saturated carbocycles. The standard InChI is InChI=1S/C28H36N6O5S/c1-16-9-10-17(13-19(16)34-21(35)15-32(8)26(34)39)29-25(38)30-22-18(14-20(40-22)27(2,3)4)23(36)33-12-11-31(7)24(37)28(33,5)6/h9-10,13-14H,11-12,15H2,1-8H3,(H2,29,30,38). The van der Waals surface area contributed by atoms with Gasteiger partial charge in [0.05, 0.1) is 11.3 Å². The van der Waals surface area contributed by atoms with Crippen molar-refractivity contribution in [2.75, 3.05) is 49.3 Å². The van der Waals surface area contributed by atoms with Gasteiger partial charge in [-0.3, -0.25) is 19.7 Å². The molecule has 2 fully saturated rings. The molecule has 2 N–H and O–H groups in total. The molecular weight excluding hydrogens is 532 g/mol. The first-order valence-electron chi connectivity index (χ1n) is 13.0. The van der Waals surface area contributed by atoms with Gasteiger partial charge in [0.1, 0.15) is 17.1 Å². The molecule has 0 unspecified atom stereocenters. The summed E-state index contributed by atoms with van der Waals surface area (Å²) in [5.41, 5.74) is 0.465. The van der Waals surface area contributed by atoms with Gasteiger partial charge in [-0.05, 0) is 49.9 Å². The molecule has 3 heterocycles. The largest absolute Gasteiger partial charge is 0.342 e. The van der Waals surface area contributed by atoms with Crippen LogP contribution in [0.4, 0.5) is 26.0 Å². The molecule has 4 rings (SSSR count). The number of urea groups is 2. The van der Waals surface area contributed by atoms with Gasteiger partial charge in [-0.2, -0.15) is 0 Å². The van der Waals surface area contributed by atoms with E-state index in [0.29, 0.717) is 40.6 Å². The highest BCUT2D eigenvalue weighted by Crippen LogP contribution is 2.38. The van der Waals surface area contributed by atoms with Crippen LogP contribution in [0.5, 0.6) is 0 Å². The zero-order chi connectivity index (χ0) is 29.7. The summed E-state index contributed by atoms with van der Waals surface area (Å²) in [5.74, 6) is -0.831. The van der Waals surface area contributed by atoms with Crippen molar-refractivity contribution in [3.05, 3.63) is 40.3 Å². The summed E-state index contributed by atoms with van der Waals surface area (Å²) in [5, 5.41) is 5.94. The topological polar surface area (TPSA) is 122 Å². The van der Waals surface area contributed by atoms with E-state index >= 15 is 0 Å². The Balaban J connectivity index is 1.60. The molecule has 1 aromatic heterocycles. The van der Waals surface area contributed by atoms with Crippen molar-refractivity contribution < 1.29 is 24.0 Å². The normalized spacial score (nSPS) is 17.6. The molecule has 0 bridgehead atoms. The van der Waals surface area contributed by atoms with Gasteiger partial charge < -0.3 is 20.0 Å². The van der Waals surface area contributed by atoms with Crippen molar-refractivity contribution in [1.82, 2.24) is 14.7 Å². The number of hydrogen-bond acceptors (Lipinski definition) is 6. The molecular formula is C28H36N6O5S. The van der Waals surface area contributed by atoms with Crippen molar-refractivity contribution in [2.24, 2.45) is 0 Å². The molecule has 1 aromatic carbocycles. The first-order chi connectivity index (χ1) is 18.5. The third-order valence-electron chi connectivity index (χ3n) is 7.23. The Kier molecular flexibility index (Phi) is 7.44. The summed E-state index contributed by atoms with van der Waals surface area (Å²) in [6.45, 7) is 12.1. The van der Waals surface area contributed by atoms with Crippen LogP contribution in [0, 0.1) is 6.92 Å². The molecule has 0 spiro atoms. The first kappa shape index (κ1) is 29.1. The lowest BCUT2D eigenvalue weighted by molar-refractivity contribution is -0.144. The van der Waals surface area contributed by atoms with Crippen LogP contribution in [0.1, 0.15) is 55.4 Å². The van der Waals surface area contributed by atoms with E-state index in [-0.39, 0.29) is 29.7 Å². The number of aryl methyl sites for hydroxylation is 1. The van der Waals surface area contributed by atoms with Gasteiger partial charge in [0.2, 0.25) is 5.91 Å². The molecule has 2 aromatic rings. The van der Waals surface area contributed by atoms with E-state index < -0.39 is 17.6 Å². The first-order valence-corrected chi connectivity index (χ1v) is 13.8. The minimum absolute atomic E-state index is 0.0165. The Morgan fingerprint density at radius 3 is 2.25 bits per heavy atom. The molecule has 2 aliphatic rings. The van der Waals surface area contributed by atoms with Gasteiger partial charge in [-0.15, -0.1) is 11.3 Å². The quantitative estimate of drug-likeness (QED) is 0.538. The number of imide groups is 1. The van der Waals surface area contributed by atoms with Gasteiger partial charge in [0.15, 0.2) is 0 Å². The second-order valence-electron chi connectivity index (χ2n) is 11.8. The summed E-state index contributed by atoms with van der Waals surface area (Å²) >= 11 is 1.31. The van der Waals surface area contributed by atoms with Crippen LogP contribution in [-0.4, -0.2) is 83.8 Å². The molecule has 2 saturated heterocycles. The monoisotopic (exact) mass is 568 g/mol. The van der Waals surface area contributed by atoms with Gasteiger partial charge in [0.25, 0.3) is 11.8 Å². The molecule has 12 heteroatoms. The maximum Gasteiger partial charge on any atom is 0.331 e. The highest BCUT2D eigenvalue weighted by molar-refractivity contribution is 7.16. The van der Waals surface area contributed by atoms with Crippen LogP contribution in [0.2, 0.25) is 0 Å². The smallest absolute Gasteiger partial charge is 0.331 e. The number of thiophene rings is 1. The predicted molar refractivity (Wildman–Crippen MR) is 155 cm³/mol. The summed E-state index contributed by atoms with van der Waals surface area (Å²) in [4.78, 5) is 71.2. The Morgan fingerprint density at radius 1 is 0.975 bits per heavy atom. The Labute approximate surface area is 238 Å². The van der Waals surface area contributed by atoms with Crippen LogP contribution in [-0.2, 0) is 15.0 Å². The summed E-state index contributed by atoms with van der Waals surface area (Å²) in [7, 11) is 3.27. The molecule has 11 nitrogen and oxygen atoms in total. The Morgan fingerprint density at radius 2 is 1.65 bits per heavy atom. The number of hydrogen-bond donors (Lipinski definition) is 2. The number of nitrogens with zero attached hydrogens (tertiary/aromatic N) is 4. The zero-order valence-corrected chi connectivity index (χ0v) is 25.0. The van der Waals surface area contributed by atoms with Crippen molar-refractivity contribution >= 4 is 57.5 Å². The van der Waals surface area contributed by atoms with E-state index in [9.17, 15) is 24.0 Å².